The minimum atomic E-state index is 0.107. The largest absolute Gasteiger partial charge is 0.323 e. The van der Waals surface area contributed by atoms with Gasteiger partial charge in [0.15, 0.2) is 0 Å². The Labute approximate surface area is 124 Å². The Kier molecular flexibility index (Phi) is 5.22. The molecule has 0 radical (unpaired) electrons. The third-order valence-electron chi connectivity index (χ3n) is 5.08. The lowest BCUT2D eigenvalue weighted by atomic mass is 9.97. The van der Waals surface area contributed by atoms with Crippen LogP contribution in [0.4, 0.5) is 0 Å². The molecule has 0 amide bonds. The number of nitrogens with zero attached hydrogens (tertiary/aromatic N) is 1. The normalized spacial score (nSPS) is 26.6. The fraction of sp³-hybridized carbons (Fsp3) is 0.667. The van der Waals surface area contributed by atoms with Crippen LogP contribution >= 0.6 is 0 Å². The first-order chi connectivity index (χ1) is 9.58. The fourth-order valence-electron chi connectivity index (χ4n) is 3.68. The highest BCUT2D eigenvalue weighted by molar-refractivity contribution is 5.26. The van der Waals surface area contributed by atoms with Gasteiger partial charge in [0, 0.05) is 24.2 Å². The Morgan fingerprint density at radius 1 is 1.20 bits per heavy atom. The van der Waals surface area contributed by atoms with Gasteiger partial charge in [-0.25, -0.2) is 0 Å². The van der Waals surface area contributed by atoms with E-state index in [1.54, 1.807) is 0 Å². The number of hydrogen-bond acceptors (Lipinski definition) is 2. The van der Waals surface area contributed by atoms with Crippen molar-refractivity contribution in [2.75, 3.05) is 0 Å². The SMILES string of the molecule is CCc1ccc(C(N)C(C)N2C(C)CCC2CC)cc1. The quantitative estimate of drug-likeness (QED) is 0.882. The molecule has 2 N–H and O–H groups in total. The lowest BCUT2D eigenvalue weighted by Crippen LogP contribution is -2.46. The van der Waals surface area contributed by atoms with E-state index in [9.17, 15) is 0 Å². The van der Waals surface area contributed by atoms with E-state index in [0.717, 1.165) is 6.42 Å². The van der Waals surface area contributed by atoms with Gasteiger partial charge < -0.3 is 5.73 Å². The van der Waals surface area contributed by atoms with E-state index in [-0.39, 0.29) is 6.04 Å². The van der Waals surface area contributed by atoms with E-state index in [1.165, 1.54) is 30.4 Å². The Morgan fingerprint density at radius 3 is 2.40 bits per heavy atom. The molecule has 20 heavy (non-hydrogen) atoms. The molecule has 0 aliphatic carbocycles. The summed E-state index contributed by atoms with van der Waals surface area (Å²) >= 11 is 0. The molecular formula is C18H30N2. The molecule has 0 bridgehead atoms. The van der Waals surface area contributed by atoms with Gasteiger partial charge in [0.25, 0.3) is 0 Å². The zero-order valence-corrected chi connectivity index (χ0v) is 13.5. The van der Waals surface area contributed by atoms with Crippen LogP contribution in [0.3, 0.4) is 0 Å². The number of benzene rings is 1. The summed E-state index contributed by atoms with van der Waals surface area (Å²) in [5.74, 6) is 0. The molecule has 1 saturated heterocycles. The van der Waals surface area contributed by atoms with Crippen LogP contribution < -0.4 is 5.73 Å². The van der Waals surface area contributed by atoms with Crippen LogP contribution in [-0.2, 0) is 6.42 Å². The predicted octanol–water partition coefficient (Wildman–Crippen LogP) is 3.90. The molecular weight excluding hydrogens is 244 g/mol. The molecule has 1 aliphatic rings. The molecule has 4 atom stereocenters. The second-order valence-electron chi connectivity index (χ2n) is 6.30. The van der Waals surface area contributed by atoms with E-state index in [4.69, 9.17) is 5.73 Å². The molecule has 1 aromatic carbocycles. The number of likely N-dealkylation sites (tertiary alicyclic amines) is 1. The Balaban J connectivity index is 2.12. The van der Waals surface area contributed by atoms with E-state index >= 15 is 0 Å². The van der Waals surface area contributed by atoms with Gasteiger partial charge >= 0.3 is 0 Å². The van der Waals surface area contributed by atoms with Gasteiger partial charge in [-0.1, -0.05) is 38.1 Å². The molecule has 4 unspecified atom stereocenters. The monoisotopic (exact) mass is 274 g/mol. The second-order valence-corrected chi connectivity index (χ2v) is 6.30. The van der Waals surface area contributed by atoms with Gasteiger partial charge in [0.1, 0.15) is 0 Å². The average Bonchev–Trinajstić information content (AvgIpc) is 2.86. The van der Waals surface area contributed by atoms with Crippen LogP contribution in [0.15, 0.2) is 24.3 Å². The average molecular weight is 274 g/mol. The molecule has 112 valence electrons. The highest BCUT2D eigenvalue weighted by Crippen LogP contribution is 2.32. The van der Waals surface area contributed by atoms with Crippen molar-refractivity contribution in [3.63, 3.8) is 0 Å². The molecule has 0 spiro atoms. The van der Waals surface area contributed by atoms with Gasteiger partial charge in [-0.15, -0.1) is 0 Å². The van der Waals surface area contributed by atoms with Crippen LogP contribution in [-0.4, -0.2) is 23.0 Å². The van der Waals surface area contributed by atoms with Crippen molar-refractivity contribution in [1.82, 2.24) is 4.90 Å². The molecule has 1 fully saturated rings. The summed E-state index contributed by atoms with van der Waals surface area (Å²) in [4.78, 5) is 2.65. The van der Waals surface area contributed by atoms with E-state index in [2.05, 4.69) is 56.9 Å². The van der Waals surface area contributed by atoms with E-state index in [1.807, 2.05) is 0 Å². The van der Waals surface area contributed by atoms with Gasteiger partial charge in [-0.05, 0) is 50.7 Å². The van der Waals surface area contributed by atoms with Crippen molar-refractivity contribution in [2.45, 2.75) is 77.5 Å². The predicted molar refractivity (Wildman–Crippen MR) is 86.8 cm³/mol. The number of rotatable bonds is 5. The number of nitrogens with two attached hydrogens (primary N) is 1. The summed E-state index contributed by atoms with van der Waals surface area (Å²) in [5.41, 5.74) is 9.20. The van der Waals surface area contributed by atoms with Crippen molar-refractivity contribution in [3.05, 3.63) is 35.4 Å². The highest BCUT2D eigenvalue weighted by atomic mass is 15.2. The zero-order valence-electron chi connectivity index (χ0n) is 13.5. The van der Waals surface area contributed by atoms with Gasteiger partial charge in [0.05, 0.1) is 0 Å². The molecule has 2 heteroatoms. The van der Waals surface area contributed by atoms with Gasteiger partial charge in [-0.3, -0.25) is 4.90 Å². The third-order valence-corrected chi connectivity index (χ3v) is 5.08. The van der Waals surface area contributed by atoms with Crippen LogP contribution in [0.1, 0.15) is 64.1 Å². The first kappa shape index (κ1) is 15.5. The molecule has 2 nitrogen and oxygen atoms in total. The summed E-state index contributed by atoms with van der Waals surface area (Å²) < 4.78 is 0. The molecule has 2 rings (SSSR count). The summed E-state index contributed by atoms with van der Waals surface area (Å²) in [6, 6.07) is 10.7. The molecule has 0 saturated carbocycles. The Morgan fingerprint density at radius 2 is 1.85 bits per heavy atom. The maximum atomic E-state index is 6.55. The van der Waals surface area contributed by atoms with Crippen LogP contribution in [0, 0.1) is 0 Å². The molecule has 1 heterocycles. The zero-order chi connectivity index (χ0) is 14.7. The summed E-state index contributed by atoms with van der Waals surface area (Å²) in [7, 11) is 0. The van der Waals surface area contributed by atoms with Crippen LogP contribution in [0.25, 0.3) is 0 Å². The Bertz CT molecular complexity index is 412. The van der Waals surface area contributed by atoms with Crippen LogP contribution in [0.5, 0.6) is 0 Å². The molecule has 1 aromatic rings. The smallest absolute Gasteiger partial charge is 0.0450 e. The summed E-state index contributed by atoms with van der Waals surface area (Å²) in [6.45, 7) is 9.13. The standard InChI is InChI=1S/C18H30N2/c1-5-15-8-10-16(11-9-15)18(19)14(4)20-13(3)7-12-17(20)6-2/h8-11,13-14,17-18H,5-7,12,19H2,1-4H3. The van der Waals surface area contributed by atoms with Crippen molar-refractivity contribution >= 4 is 0 Å². The maximum Gasteiger partial charge on any atom is 0.0450 e. The molecule has 0 aromatic heterocycles. The van der Waals surface area contributed by atoms with Crippen molar-refractivity contribution in [3.8, 4) is 0 Å². The summed E-state index contributed by atoms with van der Waals surface area (Å²) in [5, 5.41) is 0. The lowest BCUT2D eigenvalue weighted by Gasteiger charge is -2.37. The Hall–Kier alpha value is -0.860. The number of aryl methyl sites for hydroxylation is 1. The fourth-order valence-corrected chi connectivity index (χ4v) is 3.68. The van der Waals surface area contributed by atoms with Gasteiger partial charge in [0.2, 0.25) is 0 Å². The number of hydrogen-bond donors (Lipinski definition) is 1. The molecule has 1 aliphatic heterocycles. The first-order valence-corrected chi connectivity index (χ1v) is 8.20. The van der Waals surface area contributed by atoms with E-state index < -0.39 is 0 Å². The first-order valence-electron chi connectivity index (χ1n) is 8.20. The van der Waals surface area contributed by atoms with Crippen molar-refractivity contribution < 1.29 is 0 Å². The van der Waals surface area contributed by atoms with Crippen molar-refractivity contribution in [2.24, 2.45) is 5.73 Å². The maximum absolute atomic E-state index is 6.55. The topological polar surface area (TPSA) is 29.3 Å². The minimum Gasteiger partial charge on any atom is -0.323 e. The minimum absolute atomic E-state index is 0.107. The summed E-state index contributed by atoms with van der Waals surface area (Å²) in [6.07, 6.45) is 4.95. The van der Waals surface area contributed by atoms with Crippen molar-refractivity contribution in [1.29, 1.82) is 0 Å². The highest BCUT2D eigenvalue weighted by Gasteiger charge is 2.35. The second kappa shape index (κ2) is 6.73. The van der Waals surface area contributed by atoms with E-state index in [0.29, 0.717) is 18.1 Å². The lowest BCUT2D eigenvalue weighted by molar-refractivity contribution is 0.124. The van der Waals surface area contributed by atoms with Gasteiger partial charge in [-0.2, -0.15) is 0 Å². The third kappa shape index (κ3) is 3.07. The van der Waals surface area contributed by atoms with Crippen LogP contribution in [0.2, 0.25) is 0 Å².